The summed E-state index contributed by atoms with van der Waals surface area (Å²) in [5.41, 5.74) is 1.11. The fourth-order valence-electron chi connectivity index (χ4n) is 2.17. The molecule has 0 saturated carbocycles. The Morgan fingerprint density at radius 1 is 1.43 bits per heavy atom. The van der Waals surface area contributed by atoms with Crippen LogP contribution in [0.3, 0.4) is 0 Å². The van der Waals surface area contributed by atoms with Crippen LogP contribution in [0.1, 0.15) is 28.1 Å². The number of nitrogens with zero attached hydrogens (tertiary/aromatic N) is 3. The number of aliphatic hydroxyl groups excluding tert-OH is 1. The summed E-state index contributed by atoms with van der Waals surface area (Å²) in [6, 6.07) is 9.15. The summed E-state index contributed by atoms with van der Waals surface area (Å²) in [5.74, 6) is -0.337. The van der Waals surface area contributed by atoms with Gasteiger partial charge in [0, 0.05) is 13.1 Å². The number of hydrogen-bond acceptors (Lipinski definition) is 5. The molecular weight excluding hydrogens is 270 g/mol. The zero-order valence-corrected chi connectivity index (χ0v) is 11.4. The molecule has 1 saturated heterocycles. The number of aliphatic hydroxyl groups is 1. The zero-order valence-electron chi connectivity index (χ0n) is 11.4. The molecule has 3 rings (SSSR count). The van der Waals surface area contributed by atoms with E-state index in [1.807, 2.05) is 30.3 Å². The van der Waals surface area contributed by atoms with Crippen molar-refractivity contribution >= 4 is 5.91 Å². The Balaban J connectivity index is 1.68. The van der Waals surface area contributed by atoms with Crippen LogP contribution in [0.5, 0.6) is 0 Å². The molecule has 21 heavy (non-hydrogen) atoms. The molecule has 1 amide bonds. The molecule has 0 radical (unpaired) electrons. The first-order chi connectivity index (χ1) is 10.3. The van der Waals surface area contributed by atoms with Gasteiger partial charge in [-0.15, -0.1) is 5.10 Å². The van der Waals surface area contributed by atoms with Gasteiger partial charge in [-0.3, -0.25) is 4.79 Å². The van der Waals surface area contributed by atoms with E-state index in [1.54, 1.807) is 10.9 Å². The highest BCUT2D eigenvalue weighted by Crippen LogP contribution is 2.13. The van der Waals surface area contributed by atoms with E-state index in [1.165, 1.54) is 0 Å². The van der Waals surface area contributed by atoms with Crippen LogP contribution in [0.15, 0.2) is 36.5 Å². The summed E-state index contributed by atoms with van der Waals surface area (Å²) in [7, 11) is 0. The SMILES string of the molecule is O=C(N[C@H](CO)c1ccccc1)c1cn(C2CNC2)nn1. The van der Waals surface area contributed by atoms with E-state index in [0.29, 0.717) is 0 Å². The highest BCUT2D eigenvalue weighted by atomic mass is 16.3. The fraction of sp³-hybridized carbons (Fsp3) is 0.357. The van der Waals surface area contributed by atoms with Crippen LogP contribution in [0.25, 0.3) is 0 Å². The van der Waals surface area contributed by atoms with Gasteiger partial charge < -0.3 is 15.7 Å². The predicted octanol–water partition coefficient (Wildman–Crippen LogP) is -0.114. The second kappa shape index (κ2) is 6.02. The van der Waals surface area contributed by atoms with Crippen molar-refractivity contribution in [2.24, 2.45) is 0 Å². The minimum Gasteiger partial charge on any atom is -0.394 e. The lowest BCUT2D eigenvalue weighted by Crippen LogP contribution is -2.43. The van der Waals surface area contributed by atoms with Crippen molar-refractivity contribution in [2.45, 2.75) is 12.1 Å². The Labute approximate surface area is 122 Å². The summed E-state index contributed by atoms with van der Waals surface area (Å²) < 4.78 is 1.70. The molecule has 3 N–H and O–H groups in total. The highest BCUT2D eigenvalue weighted by Gasteiger charge is 2.22. The van der Waals surface area contributed by atoms with Gasteiger partial charge in [0.1, 0.15) is 0 Å². The lowest BCUT2D eigenvalue weighted by Gasteiger charge is -2.26. The monoisotopic (exact) mass is 287 g/mol. The molecule has 1 aromatic heterocycles. The molecule has 0 unspecified atom stereocenters. The van der Waals surface area contributed by atoms with E-state index in [2.05, 4.69) is 20.9 Å². The first kappa shape index (κ1) is 13.7. The number of carbonyl (C=O) groups excluding carboxylic acids is 1. The van der Waals surface area contributed by atoms with Crippen LogP contribution in [-0.4, -0.2) is 45.7 Å². The topological polar surface area (TPSA) is 92.1 Å². The van der Waals surface area contributed by atoms with Crippen LogP contribution in [0.4, 0.5) is 0 Å². The Hall–Kier alpha value is -2.25. The summed E-state index contributed by atoms with van der Waals surface area (Å²) in [6.45, 7) is 1.51. The molecular formula is C14H17N5O2. The van der Waals surface area contributed by atoms with Crippen LogP contribution in [0.2, 0.25) is 0 Å². The third kappa shape index (κ3) is 2.93. The molecule has 0 bridgehead atoms. The van der Waals surface area contributed by atoms with Crippen LogP contribution >= 0.6 is 0 Å². The normalized spacial score (nSPS) is 16.2. The molecule has 0 spiro atoms. The molecule has 7 nitrogen and oxygen atoms in total. The van der Waals surface area contributed by atoms with Gasteiger partial charge in [-0.05, 0) is 5.56 Å². The van der Waals surface area contributed by atoms with Gasteiger partial charge in [0.2, 0.25) is 0 Å². The smallest absolute Gasteiger partial charge is 0.274 e. The third-order valence-electron chi connectivity index (χ3n) is 3.57. The largest absolute Gasteiger partial charge is 0.394 e. The number of rotatable bonds is 5. The molecule has 1 aromatic carbocycles. The van der Waals surface area contributed by atoms with Gasteiger partial charge in [0.15, 0.2) is 5.69 Å². The van der Waals surface area contributed by atoms with Crippen molar-refractivity contribution in [3.8, 4) is 0 Å². The van der Waals surface area contributed by atoms with E-state index < -0.39 is 6.04 Å². The maximum absolute atomic E-state index is 12.2. The number of aromatic nitrogens is 3. The van der Waals surface area contributed by atoms with Gasteiger partial charge in [0.25, 0.3) is 5.91 Å². The average molecular weight is 287 g/mol. The van der Waals surface area contributed by atoms with Crippen molar-refractivity contribution in [3.63, 3.8) is 0 Å². The quantitative estimate of drug-likeness (QED) is 0.713. The number of benzene rings is 1. The van der Waals surface area contributed by atoms with Crippen molar-refractivity contribution in [3.05, 3.63) is 47.8 Å². The van der Waals surface area contributed by atoms with Crippen molar-refractivity contribution in [2.75, 3.05) is 19.7 Å². The molecule has 1 fully saturated rings. The minimum atomic E-state index is -0.450. The number of nitrogens with one attached hydrogen (secondary N) is 2. The fourth-order valence-corrected chi connectivity index (χ4v) is 2.17. The molecule has 1 aliphatic heterocycles. The second-order valence-electron chi connectivity index (χ2n) is 5.02. The summed E-state index contributed by atoms with van der Waals surface area (Å²) in [4.78, 5) is 12.2. The molecule has 110 valence electrons. The van der Waals surface area contributed by atoms with E-state index >= 15 is 0 Å². The Kier molecular flexibility index (Phi) is 3.94. The maximum Gasteiger partial charge on any atom is 0.274 e. The van der Waals surface area contributed by atoms with E-state index in [-0.39, 0.29) is 24.2 Å². The molecule has 1 atom stereocenters. The first-order valence-corrected chi connectivity index (χ1v) is 6.87. The molecule has 2 heterocycles. The van der Waals surface area contributed by atoms with E-state index in [0.717, 1.165) is 18.7 Å². The highest BCUT2D eigenvalue weighted by molar-refractivity contribution is 5.92. The van der Waals surface area contributed by atoms with Gasteiger partial charge in [0.05, 0.1) is 24.9 Å². The second-order valence-corrected chi connectivity index (χ2v) is 5.02. The first-order valence-electron chi connectivity index (χ1n) is 6.87. The zero-order chi connectivity index (χ0) is 14.7. The molecule has 0 aliphatic carbocycles. The van der Waals surface area contributed by atoms with Gasteiger partial charge in [-0.1, -0.05) is 35.5 Å². The number of carbonyl (C=O) groups is 1. The predicted molar refractivity (Wildman–Crippen MR) is 75.7 cm³/mol. The number of amides is 1. The molecule has 1 aliphatic rings. The molecule has 2 aromatic rings. The maximum atomic E-state index is 12.2. The Morgan fingerprint density at radius 2 is 2.19 bits per heavy atom. The van der Waals surface area contributed by atoms with Crippen molar-refractivity contribution < 1.29 is 9.90 Å². The summed E-state index contributed by atoms with van der Waals surface area (Å²) >= 11 is 0. The van der Waals surface area contributed by atoms with Gasteiger partial charge >= 0.3 is 0 Å². The van der Waals surface area contributed by atoms with Crippen LogP contribution < -0.4 is 10.6 Å². The lowest BCUT2D eigenvalue weighted by molar-refractivity contribution is 0.0911. The average Bonchev–Trinajstić information content (AvgIpc) is 2.93. The summed E-state index contributed by atoms with van der Waals surface area (Å²) in [6.07, 6.45) is 1.64. The summed E-state index contributed by atoms with van der Waals surface area (Å²) in [5, 5.41) is 23.2. The van der Waals surface area contributed by atoms with Gasteiger partial charge in [-0.2, -0.15) is 0 Å². The number of hydrogen-bond donors (Lipinski definition) is 3. The minimum absolute atomic E-state index is 0.170. The van der Waals surface area contributed by atoms with Crippen molar-refractivity contribution in [1.29, 1.82) is 0 Å². The third-order valence-corrected chi connectivity index (χ3v) is 3.57. The molecule has 7 heteroatoms. The Morgan fingerprint density at radius 3 is 2.81 bits per heavy atom. The van der Waals surface area contributed by atoms with Gasteiger partial charge in [-0.25, -0.2) is 4.68 Å². The van der Waals surface area contributed by atoms with E-state index in [9.17, 15) is 9.90 Å². The van der Waals surface area contributed by atoms with Crippen LogP contribution in [-0.2, 0) is 0 Å². The standard InChI is InChI=1S/C14H17N5O2/c20-9-13(10-4-2-1-3-5-10)16-14(21)12-8-19(18-17-12)11-6-15-7-11/h1-5,8,11,13,15,20H,6-7,9H2,(H,16,21)/t13-/m1/s1. The van der Waals surface area contributed by atoms with Crippen LogP contribution in [0, 0.1) is 0 Å². The lowest BCUT2D eigenvalue weighted by atomic mass is 10.1. The Bertz CT molecular complexity index is 609. The van der Waals surface area contributed by atoms with Crippen molar-refractivity contribution in [1.82, 2.24) is 25.6 Å². The van der Waals surface area contributed by atoms with E-state index in [4.69, 9.17) is 0 Å².